The Bertz CT molecular complexity index is 692. The zero-order valence-corrected chi connectivity index (χ0v) is 14.9. The van der Waals surface area contributed by atoms with Gasteiger partial charge in [0.05, 0.1) is 10.6 Å². The van der Waals surface area contributed by atoms with Gasteiger partial charge in [-0.25, -0.2) is 4.39 Å². The average molecular weight is 367 g/mol. The highest BCUT2D eigenvalue weighted by molar-refractivity contribution is 7.09. The van der Waals surface area contributed by atoms with Crippen molar-refractivity contribution in [1.82, 2.24) is 10.2 Å². The molecule has 128 valence electrons. The number of benzene rings is 1. The fraction of sp³-hybridized carbons (Fsp3) is 0.389. The summed E-state index contributed by atoms with van der Waals surface area (Å²) in [5.74, 6) is -0.245. The Hall–Kier alpha value is -1.43. The van der Waals surface area contributed by atoms with Crippen LogP contribution in [0.5, 0.6) is 0 Å². The molecule has 0 saturated carbocycles. The second-order valence-electron chi connectivity index (χ2n) is 6.16. The standard InChI is InChI=1S/C18H20ClFN2OS/c19-17-9-14(20)5-6-16(17)18(23)21-10-13-3-1-7-22(11-13)12-15-4-2-8-24-15/h2,4-6,8-9,13H,1,3,7,10-12H2,(H,21,23). The van der Waals surface area contributed by atoms with Crippen LogP contribution in [-0.4, -0.2) is 30.4 Å². The fourth-order valence-corrected chi connectivity index (χ4v) is 4.09. The summed E-state index contributed by atoms with van der Waals surface area (Å²) in [7, 11) is 0. The Kier molecular flexibility index (Phi) is 5.87. The third-order valence-corrected chi connectivity index (χ3v) is 5.46. The van der Waals surface area contributed by atoms with Gasteiger partial charge in [-0.15, -0.1) is 11.3 Å². The first-order chi connectivity index (χ1) is 11.6. The molecule has 3 nitrogen and oxygen atoms in total. The van der Waals surface area contributed by atoms with Gasteiger partial charge in [0.2, 0.25) is 0 Å². The fourth-order valence-electron chi connectivity index (χ4n) is 3.09. The minimum Gasteiger partial charge on any atom is -0.352 e. The van der Waals surface area contributed by atoms with Crippen molar-refractivity contribution in [3.8, 4) is 0 Å². The highest BCUT2D eigenvalue weighted by Gasteiger charge is 2.21. The lowest BCUT2D eigenvalue weighted by Gasteiger charge is -2.32. The Labute approximate surface area is 150 Å². The van der Waals surface area contributed by atoms with Crippen molar-refractivity contribution < 1.29 is 9.18 Å². The summed E-state index contributed by atoms with van der Waals surface area (Å²) in [6.45, 7) is 3.68. The molecular formula is C18H20ClFN2OS. The first kappa shape index (κ1) is 17.4. The third kappa shape index (κ3) is 4.56. The van der Waals surface area contributed by atoms with Crippen LogP contribution in [0.3, 0.4) is 0 Å². The number of nitrogens with one attached hydrogen (secondary N) is 1. The molecule has 2 aromatic rings. The minimum absolute atomic E-state index is 0.149. The van der Waals surface area contributed by atoms with Gasteiger partial charge in [-0.1, -0.05) is 17.7 Å². The molecule has 1 aliphatic rings. The van der Waals surface area contributed by atoms with Gasteiger partial charge < -0.3 is 5.32 Å². The molecule has 1 N–H and O–H groups in total. The van der Waals surface area contributed by atoms with E-state index in [1.807, 2.05) is 0 Å². The number of hydrogen-bond acceptors (Lipinski definition) is 3. The number of nitrogens with zero attached hydrogens (tertiary/aromatic N) is 1. The highest BCUT2D eigenvalue weighted by Crippen LogP contribution is 2.21. The second-order valence-corrected chi connectivity index (χ2v) is 7.60. The minimum atomic E-state index is -0.437. The molecule has 3 rings (SSSR count). The maximum absolute atomic E-state index is 13.1. The maximum Gasteiger partial charge on any atom is 0.252 e. The van der Waals surface area contributed by atoms with Crippen molar-refractivity contribution in [2.75, 3.05) is 19.6 Å². The Balaban J connectivity index is 1.51. The third-order valence-electron chi connectivity index (χ3n) is 4.29. The molecule has 0 radical (unpaired) electrons. The molecule has 1 aliphatic heterocycles. The molecule has 1 atom stereocenters. The van der Waals surface area contributed by atoms with Crippen LogP contribution in [0.4, 0.5) is 4.39 Å². The summed E-state index contributed by atoms with van der Waals surface area (Å²) in [6.07, 6.45) is 2.25. The maximum atomic E-state index is 13.1. The van der Waals surface area contributed by atoms with Crippen molar-refractivity contribution in [3.05, 3.63) is 57.0 Å². The van der Waals surface area contributed by atoms with Crippen molar-refractivity contribution in [3.63, 3.8) is 0 Å². The number of rotatable bonds is 5. The zero-order valence-electron chi connectivity index (χ0n) is 13.3. The van der Waals surface area contributed by atoms with E-state index < -0.39 is 5.82 Å². The van der Waals surface area contributed by atoms with Gasteiger partial charge >= 0.3 is 0 Å². The van der Waals surface area contributed by atoms with Crippen molar-refractivity contribution >= 4 is 28.8 Å². The van der Waals surface area contributed by atoms with Gasteiger partial charge in [0.15, 0.2) is 0 Å². The SMILES string of the molecule is O=C(NCC1CCCN(Cc2cccs2)C1)c1ccc(F)cc1Cl. The molecule has 24 heavy (non-hydrogen) atoms. The van der Waals surface area contributed by atoms with E-state index in [-0.39, 0.29) is 10.9 Å². The summed E-state index contributed by atoms with van der Waals surface area (Å²) >= 11 is 7.72. The molecule has 1 saturated heterocycles. The molecule has 1 fully saturated rings. The van der Waals surface area contributed by atoms with Gasteiger partial charge in [-0.3, -0.25) is 9.69 Å². The van der Waals surface area contributed by atoms with Crippen LogP contribution in [0.25, 0.3) is 0 Å². The van der Waals surface area contributed by atoms with Crippen LogP contribution in [0, 0.1) is 11.7 Å². The number of halogens is 2. The summed E-state index contributed by atoms with van der Waals surface area (Å²) in [4.78, 5) is 16.0. The summed E-state index contributed by atoms with van der Waals surface area (Å²) in [5, 5.41) is 5.19. The number of carbonyl (C=O) groups excluding carboxylic acids is 1. The Morgan fingerprint density at radius 2 is 2.29 bits per heavy atom. The van der Waals surface area contributed by atoms with Crippen LogP contribution in [0.1, 0.15) is 28.1 Å². The van der Waals surface area contributed by atoms with Crippen LogP contribution < -0.4 is 5.32 Å². The summed E-state index contributed by atoms with van der Waals surface area (Å²) < 4.78 is 13.1. The van der Waals surface area contributed by atoms with Gasteiger partial charge in [0, 0.05) is 24.5 Å². The average Bonchev–Trinajstić information content (AvgIpc) is 3.06. The summed E-state index contributed by atoms with van der Waals surface area (Å²) in [5.41, 5.74) is 0.323. The lowest BCUT2D eigenvalue weighted by Crippen LogP contribution is -2.40. The Morgan fingerprint density at radius 3 is 3.04 bits per heavy atom. The van der Waals surface area contributed by atoms with Crippen LogP contribution in [0.15, 0.2) is 35.7 Å². The van der Waals surface area contributed by atoms with E-state index in [2.05, 4.69) is 27.7 Å². The molecule has 0 aliphatic carbocycles. The number of likely N-dealkylation sites (tertiary alicyclic amines) is 1. The largest absolute Gasteiger partial charge is 0.352 e. The van der Waals surface area contributed by atoms with Gasteiger partial charge in [-0.05, 0) is 54.9 Å². The molecule has 0 bridgehead atoms. The molecule has 6 heteroatoms. The van der Waals surface area contributed by atoms with E-state index in [0.29, 0.717) is 18.0 Å². The first-order valence-electron chi connectivity index (χ1n) is 8.10. The Morgan fingerprint density at radius 1 is 1.42 bits per heavy atom. The van der Waals surface area contributed by atoms with Crippen LogP contribution in [-0.2, 0) is 6.54 Å². The highest BCUT2D eigenvalue weighted by atomic mass is 35.5. The molecule has 1 aromatic carbocycles. The topological polar surface area (TPSA) is 32.3 Å². The van der Waals surface area contributed by atoms with Crippen molar-refractivity contribution in [2.45, 2.75) is 19.4 Å². The number of amides is 1. The number of carbonyl (C=O) groups is 1. The molecule has 2 heterocycles. The predicted molar refractivity (Wildman–Crippen MR) is 96.1 cm³/mol. The van der Waals surface area contributed by atoms with E-state index in [1.54, 1.807) is 11.3 Å². The second kappa shape index (κ2) is 8.10. The van der Waals surface area contributed by atoms with E-state index in [9.17, 15) is 9.18 Å². The van der Waals surface area contributed by atoms with Gasteiger partial charge in [-0.2, -0.15) is 0 Å². The van der Waals surface area contributed by atoms with E-state index in [4.69, 9.17) is 11.6 Å². The molecule has 1 unspecified atom stereocenters. The number of hydrogen-bond donors (Lipinski definition) is 1. The lowest BCUT2D eigenvalue weighted by molar-refractivity contribution is 0.0931. The lowest BCUT2D eigenvalue weighted by atomic mass is 9.98. The van der Waals surface area contributed by atoms with Gasteiger partial charge in [0.25, 0.3) is 5.91 Å². The number of piperidine rings is 1. The monoisotopic (exact) mass is 366 g/mol. The summed E-state index contributed by atoms with van der Waals surface area (Å²) in [6, 6.07) is 8.08. The van der Waals surface area contributed by atoms with E-state index >= 15 is 0 Å². The molecule has 1 aromatic heterocycles. The quantitative estimate of drug-likeness (QED) is 0.860. The normalized spacial score (nSPS) is 18.5. The van der Waals surface area contributed by atoms with Crippen LogP contribution in [0.2, 0.25) is 5.02 Å². The predicted octanol–water partition coefficient (Wildman–Crippen LogP) is 4.18. The van der Waals surface area contributed by atoms with E-state index in [1.165, 1.54) is 23.1 Å². The van der Waals surface area contributed by atoms with Crippen LogP contribution >= 0.6 is 22.9 Å². The molecular weight excluding hydrogens is 347 g/mol. The van der Waals surface area contributed by atoms with E-state index in [0.717, 1.165) is 32.5 Å². The van der Waals surface area contributed by atoms with Crippen molar-refractivity contribution in [2.24, 2.45) is 5.92 Å². The smallest absolute Gasteiger partial charge is 0.252 e. The zero-order chi connectivity index (χ0) is 16.9. The molecule has 1 amide bonds. The van der Waals surface area contributed by atoms with Gasteiger partial charge in [0.1, 0.15) is 5.82 Å². The first-order valence-corrected chi connectivity index (χ1v) is 9.35. The number of thiophene rings is 1. The molecule has 0 spiro atoms. The van der Waals surface area contributed by atoms with Crippen molar-refractivity contribution in [1.29, 1.82) is 0 Å².